The molecule has 0 atom stereocenters. The van der Waals surface area contributed by atoms with Gasteiger partial charge in [0.25, 0.3) is 0 Å². The van der Waals surface area contributed by atoms with Gasteiger partial charge in [0.15, 0.2) is 0 Å². The number of aromatic nitrogens is 3. The molecule has 20 heavy (non-hydrogen) atoms. The first-order valence-electron chi connectivity index (χ1n) is 6.70. The lowest BCUT2D eigenvalue weighted by molar-refractivity contribution is -0.137. The minimum absolute atomic E-state index is 0.138. The van der Waals surface area contributed by atoms with Gasteiger partial charge >= 0.3 is 12.0 Å². The van der Waals surface area contributed by atoms with Gasteiger partial charge in [-0.2, -0.15) is 0 Å². The number of rotatable bonds is 8. The normalized spacial score (nSPS) is 10.3. The fraction of sp³-hybridized carbons (Fsp3) is 0.667. The molecule has 2 N–H and O–H groups in total. The summed E-state index contributed by atoms with van der Waals surface area (Å²) in [4.78, 5) is 24.2. The second-order valence-electron chi connectivity index (χ2n) is 4.45. The molecule has 0 aromatic carbocycles. The van der Waals surface area contributed by atoms with Crippen molar-refractivity contribution in [2.24, 2.45) is 0 Å². The average Bonchev–Trinajstić information content (AvgIpc) is 2.82. The molecule has 0 aliphatic carbocycles. The van der Waals surface area contributed by atoms with E-state index in [1.54, 1.807) is 4.90 Å². The number of carbonyl (C=O) groups excluding carboxylic acids is 1. The van der Waals surface area contributed by atoms with Crippen molar-refractivity contribution in [3.05, 3.63) is 11.9 Å². The zero-order valence-electron chi connectivity index (χ0n) is 11.9. The Bertz CT molecular complexity index is 440. The van der Waals surface area contributed by atoms with Crippen LogP contribution < -0.4 is 5.32 Å². The number of nitrogens with zero attached hydrogens (tertiary/aromatic N) is 4. The maximum atomic E-state index is 11.9. The summed E-state index contributed by atoms with van der Waals surface area (Å²) in [6, 6.07) is -0.138. The summed E-state index contributed by atoms with van der Waals surface area (Å²) in [6.45, 7) is 5.47. The van der Waals surface area contributed by atoms with Crippen LogP contribution in [0.1, 0.15) is 32.4 Å². The van der Waals surface area contributed by atoms with Crippen LogP contribution in [-0.4, -0.2) is 50.1 Å². The van der Waals surface area contributed by atoms with E-state index in [4.69, 9.17) is 5.11 Å². The summed E-state index contributed by atoms with van der Waals surface area (Å²) in [5, 5.41) is 18.9. The van der Waals surface area contributed by atoms with Crippen molar-refractivity contribution < 1.29 is 14.7 Å². The van der Waals surface area contributed by atoms with Crippen LogP contribution in [0.2, 0.25) is 0 Å². The predicted molar refractivity (Wildman–Crippen MR) is 72.0 cm³/mol. The molecule has 0 fully saturated rings. The van der Waals surface area contributed by atoms with E-state index < -0.39 is 5.97 Å². The van der Waals surface area contributed by atoms with Gasteiger partial charge in [0.05, 0.1) is 12.7 Å². The molecule has 1 rings (SSSR count). The molecule has 112 valence electrons. The van der Waals surface area contributed by atoms with Gasteiger partial charge in [-0.3, -0.25) is 4.79 Å². The number of hydrogen-bond donors (Lipinski definition) is 2. The molecule has 0 unspecified atom stereocenters. The molecule has 0 aliphatic rings. The lowest BCUT2D eigenvalue weighted by Gasteiger charge is -2.21. The number of urea groups is 1. The van der Waals surface area contributed by atoms with Crippen molar-refractivity contribution in [2.45, 2.75) is 39.8 Å². The Hall–Kier alpha value is -2.12. The maximum Gasteiger partial charge on any atom is 0.325 e. The van der Waals surface area contributed by atoms with Crippen LogP contribution >= 0.6 is 0 Å². The quantitative estimate of drug-likeness (QED) is 0.731. The Labute approximate surface area is 117 Å². The molecular weight excluding hydrogens is 262 g/mol. The van der Waals surface area contributed by atoms with Crippen LogP contribution in [0.25, 0.3) is 0 Å². The van der Waals surface area contributed by atoms with Gasteiger partial charge in [0.1, 0.15) is 12.2 Å². The minimum Gasteiger partial charge on any atom is -0.480 e. The number of nitrogens with one attached hydrogen (secondary N) is 1. The third-order valence-corrected chi connectivity index (χ3v) is 2.58. The van der Waals surface area contributed by atoms with Gasteiger partial charge in [0, 0.05) is 13.1 Å². The van der Waals surface area contributed by atoms with E-state index >= 15 is 0 Å². The summed E-state index contributed by atoms with van der Waals surface area (Å²) < 4.78 is 1.22. The highest BCUT2D eigenvalue weighted by molar-refractivity contribution is 5.74. The van der Waals surface area contributed by atoms with E-state index in [2.05, 4.69) is 15.6 Å². The van der Waals surface area contributed by atoms with E-state index in [-0.39, 0.29) is 19.1 Å². The molecule has 0 aliphatic heterocycles. The van der Waals surface area contributed by atoms with Crippen molar-refractivity contribution in [1.82, 2.24) is 25.2 Å². The molecular formula is C12H21N5O3. The molecule has 0 saturated carbocycles. The van der Waals surface area contributed by atoms with Gasteiger partial charge in [-0.25, -0.2) is 9.48 Å². The van der Waals surface area contributed by atoms with Gasteiger partial charge in [-0.15, -0.1) is 5.10 Å². The number of amides is 2. The molecule has 1 heterocycles. The average molecular weight is 283 g/mol. The molecule has 1 aromatic rings. The van der Waals surface area contributed by atoms with Crippen molar-refractivity contribution in [2.75, 3.05) is 13.1 Å². The molecule has 1 aromatic heterocycles. The van der Waals surface area contributed by atoms with Gasteiger partial charge in [-0.1, -0.05) is 19.1 Å². The first-order valence-corrected chi connectivity index (χ1v) is 6.70. The number of carboxylic acids is 1. The van der Waals surface area contributed by atoms with Crippen molar-refractivity contribution >= 4 is 12.0 Å². The van der Waals surface area contributed by atoms with Crippen LogP contribution in [0.4, 0.5) is 4.79 Å². The highest BCUT2D eigenvalue weighted by Gasteiger charge is 2.12. The summed E-state index contributed by atoms with van der Waals surface area (Å²) >= 11 is 0. The fourth-order valence-electron chi connectivity index (χ4n) is 1.77. The number of carboxylic acid groups (broad SMARTS) is 1. The zero-order valence-corrected chi connectivity index (χ0v) is 11.9. The minimum atomic E-state index is -0.984. The summed E-state index contributed by atoms with van der Waals surface area (Å²) in [5.41, 5.74) is 0.535. The van der Waals surface area contributed by atoms with Crippen LogP contribution in [0.5, 0.6) is 0 Å². The molecule has 8 heteroatoms. The third-order valence-electron chi connectivity index (χ3n) is 2.58. The Balaban J connectivity index is 2.46. The van der Waals surface area contributed by atoms with E-state index in [0.29, 0.717) is 18.8 Å². The highest BCUT2D eigenvalue weighted by atomic mass is 16.4. The van der Waals surface area contributed by atoms with E-state index in [0.717, 1.165) is 12.8 Å². The molecule has 0 spiro atoms. The largest absolute Gasteiger partial charge is 0.480 e. The lowest BCUT2D eigenvalue weighted by Crippen LogP contribution is -2.40. The van der Waals surface area contributed by atoms with Crippen LogP contribution in [0, 0.1) is 0 Å². The van der Waals surface area contributed by atoms with Crippen LogP contribution in [0.3, 0.4) is 0 Å². The summed E-state index contributed by atoms with van der Waals surface area (Å²) in [5.74, 6) is -0.984. The number of hydrogen-bond acceptors (Lipinski definition) is 4. The first-order chi connectivity index (χ1) is 9.56. The van der Waals surface area contributed by atoms with E-state index in [1.807, 2.05) is 13.8 Å². The second kappa shape index (κ2) is 8.13. The Morgan fingerprint density at radius 3 is 2.55 bits per heavy atom. The van der Waals surface area contributed by atoms with Crippen LogP contribution in [-0.2, 0) is 17.9 Å². The topological polar surface area (TPSA) is 100 Å². The molecule has 0 radical (unpaired) electrons. The van der Waals surface area contributed by atoms with Crippen LogP contribution in [0.15, 0.2) is 6.20 Å². The Morgan fingerprint density at radius 1 is 1.35 bits per heavy atom. The van der Waals surface area contributed by atoms with Crippen molar-refractivity contribution in [3.63, 3.8) is 0 Å². The highest BCUT2D eigenvalue weighted by Crippen LogP contribution is 1.97. The Morgan fingerprint density at radius 2 is 2.00 bits per heavy atom. The first kappa shape index (κ1) is 15.9. The Kier molecular flexibility index (Phi) is 6.48. The van der Waals surface area contributed by atoms with E-state index in [1.165, 1.54) is 10.9 Å². The maximum absolute atomic E-state index is 11.9. The summed E-state index contributed by atoms with van der Waals surface area (Å²) in [7, 11) is 0. The smallest absolute Gasteiger partial charge is 0.325 e. The van der Waals surface area contributed by atoms with Gasteiger partial charge < -0.3 is 15.3 Å². The zero-order chi connectivity index (χ0) is 15.0. The summed E-state index contributed by atoms with van der Waals surface area (Å²) in [6.07, 6.45) is 3.32. The SMILES string of the molecule is CCCN(CCC)C(=O)NCc1cn(CC(=O)O)nn1. The fourth-order valence-corrected chi connectivity index (χ4v) is 1.77. The van der Waals surface area contributed by atoms with Gasteiger partial charge in [-0.05, 0) is 12.8 Å². The van der Waals surface area contributed by atoms with E-state index in [9.17, 15) is 9.59 Å². The van der Waals surface area contributed by atoms with Gasteiger partial charge in [0.2, 0.25) is 0 Å². The molecule has 0 saturated heterocycles. The number of aliphatic carboxylic acids is 1. The third kappa shape index (κ3) is 5.25. The van der Waals surface area contributed by atoms with Crippen molar-refractivity contribution in [1.29, 1.82) is 0 Å². The standard InChI is InChI=1S/C12H21N5O3/c1-3-5-16(6-4-2)12(20)13-7-10-8-17(15-14-10)9-11(18)19/h8H,3-7,9H2,1-2H3,(H,13,20)(H,18,19). The lowest BCUT2D eigenvalue weighted by atomic mass is 10.3. The predicted octanol–water partition coefficient (Wildman–Crippen LogP) is 0.694. The second-order valence-corrected chi connectivity index (χ2v) is 4.45. The molecule has 0 bridgehead atoms. The van der Waals surface area contributed by atoms with Crippen molar-refractivity contribution in [3.8, 4) is 0 Å². The molecule has 8 nitrogen and oxygen atoms in total. The molecule has 2 amide bonds. The number of carbonyl (C=O) groups is 2. The monoisotopic (exact) mass is 283 g/mol.